The Morgan fingerprint density at radius 3 is 2.64 bits per heavy atom. The van der Waals surface area contributed by atoms with Crippen LogP contribution in [0, 0.1) is 0 Å². The summed E-state index contributed by atoms with van der Waals surface area (Å²) in [5, 5.41) is 17.1. The zero-order valence-electron chi connectivity index (χ0n) is 11.8. The predicted molar refractivity (Wildman–Crippen MR) is 74.2 cm³/mol. The Balaban J connectivity index is 1.97. The molecule has 8 heteroatoms. The van der Waals surface area contributed by atoms with Crippen molar-refractivity contribution >= 4 is 24.0 Å². The van der Waals surface area contributed by atoms with Gasteiger partial charge in [-0.25, -0.2) is 5.43 Å². The van der Waals surface area contributed by atoms with Gasteiger partial charge in [-0.3, -0.25) is 9.59 Å². The molecular formula is C14H14N3O5-. The maximum absolute atomic E-state index is 11.4. The van der Waals surface area contributed by atoms with E-state index in [9.17, 15) is 19.5 Å². The lowest BCUT2D eigenvalue weighted by atomic mass is 10.1. The van der Waals surface area contributed by atoms with E-state index in [0.29, 0.717) is 5.56 Å². The van der Waals surface area contributed by atoms with Crippen LogP contribution in [0.3, 0.4) is 0 Å². The number of carboxylic acids is 1. The second-order valence-electron chi connectivity index (χ2n) is 4.69. The van der Waals surface area contributed by atoms with Gasteiger partial charge in [0.15, 0.2) is 0 Å². The summed E-state index contributed by atoms with van der Waals surface area (Å²) in [5.41, 5.74) is 2.34. The number of rotatable bonds is 5. The van der Waals surface area contributed by atoms with Gasteiger partial charge in [0, 0.05) is 11.6 Å². The molecule has 2 amide bonds. The minimum Gasteiger partial charge on any atom is -0.545 e. The Morgan fingerprint density at radius 1 is 1.32 bits per heavy atom. The number of aromatic carboxylic acids is 1. The molecule has 1 aliphatic rings. The zero-order chi connectivity index (χ0) is 16.1. The molecule has 1 saturated carbocycles. The summed E-state index contributed by atoms with van der Waals surface area (Å²) in [6.45, 7) is 0. The van der Waals surface area contributed by atoms with E-state index in [2.05, 4.69) is 15.8 Å². The fourth-order valence-electron chi connectivity index (χ4n) is 1.66. The number of carbonyl (C=O) groups is 3. The molecule has 1 aromatic carbocycles. The van der Waals surface area contributed by atoms with Crippen molar-refractivity contribution in [1.29, 1.82) is 0 Å². The number of hydrogen-bond acceptors (Lipinski definition) is 6. The fourth-order valence-corrected chi connectivity index (χ4v) is 1.66. The molecule has 2 rings (SSSR count). The molecule has 22 heavy (non-hydrogen) atoms. The van der Waals surface area contributed by atoms with Crippen LogP contribution < -0.4 is 20.6 Å². The SMILES string of the molecule is COc1ccc(/C=N\NC(=O)C(=O)NC2CC2)cc1C(=O)[O-]. The molecular weight excluding hydrogens is 290 g/mol. The third-order valence-electron chi connectivity index (χ3n) is 2.94. The number of nitrogens with one attached hydrogen (secondary N) is 2. The zero-order valence-corrected chi connectivity index (χ0v) is 11.8. The van der Waals surface area contributed by atoms with Crippen LogP contribution in [0.5, 0.6) is 5.75 Å². The van der Waals surface area contributed by atoms with Crippen molar-refractivity contribution in [2.45, 2.75) is 18.9 Å². The van der Waals surface area contributed by atoms with Crippen molar-refractivity contribution in [3.05, 3.63) is 29.3 Å². The Kier molecular flexibility index (Phi) is 4.72. The molecule has 0 saturated heterocycles. The third kappa shape index (κ3) is 4.05. The van der Waals surface area contributed by atoms with Gasteiger partial charge >= 0.3 is 11.8 Å². The predicted octanol–water partition coefficient (Wildman–Crippen LogP) is -1.21. The van der Waals surface area contributed by atoms with Gasteiger partial charge in [-0.15, -0.1) is 0 Å². The summed E-state index contributed by atoms with van der Waals surface area (Å²) in [5.74, 6) is -2.86. The van der Waals surface area contributed by atoms with Crippen molar-refractivity contribution in [2.75, 3.05) is 7.11 Å². The highest BCUT2D eigenvalue weighted by molar-refractivity contribution is 6.35. The molecule has 1 aliphatic carbocycles. The monoisotopic (exact) mass is 304 g/mol. The lowest BCUT2D eigenvalue weighted by Crippen LogP contribution is -2.38. The average molecular weight is 304 g/mol. The summed E-state index contributed by atoms with van der Waals surface area (Å²) < 4.78 is 4.89. The highest BCUT2D eigenvalue weighted by atomic mass is 16.5. The average Bonchev–Trinajstić information content (AvgIpc) is 3.30. The van der Waals surface area contributed by atoms with Crippen LogP contribution in [-0.4, -0.2) is 37.1 Å². The Labute approximate surface area is 126 Å². The van der Waals surface area contributed by atoms with Gasteiger partial charge in [0.25, 0.3) is 0 Å². The highest BCUT2D eigenvalue weighted by Crippen LogP contribution is 2.19. The second kappa shape index (κ2) is 6.70. The summed E-state index contributed by atoms with van der Waals surface area (Å²) in [6.07, 6.45) is 2.97. The van der Waals surface area contributed by atoms with E-state index in [1.165, 1.54) is 25.5 Å². The van der Waals surface area contributed by atoms with E-state index in [1.54, 1.807) is 6.07 Å². The van der Waals surface area contributed by atoms with Gasteiger partial charge in [-0.1, -0.05) is 0 Å². The topological polar surface area (TPSA) is 120 Å². The molecule has 0 heterocycles. The summed E-state index contributed by atoms with van der Waals surface area (Å²) in [4.78, 5) is 33.7. The third-order valence-corrected chi connectivity index (χ3v) is 2.94. The van der Waals surface area contributed by atoms with Crippen molar-refractivity contribution in [3.8, 4) is 5.75 Å². The minimum absolute atomic E-state index is 0.0782. The second-order valence-corrected chi connectivity index (χ2v) is 4.69. The van der Waals surface area contributed by atoms with Crippen LogP contribution in [0.4, 0.5) is 0 Å². The Morgan fingerprint density at radius 2 is 2.05 bits per heavy atom. The van der Waals surface area contributed by atoms with Gasteiger partial charge < -0.3 is 20.0 Å². The number of hydrogen-bond donors (Lipinski definition) is 2. The van der Waals surface area contributed by atoms with Gasteiger partial charge in [-0.2, -0.15) is 5.10 Å². The lowest BCUT2D eigenvalue weighted by molar-refractivity contribution is -0.255. The molecule has 0 atom stereocenters. The molecule has 1 aromatic rings. The quantitative estimate of drug-likeness (QED) is 0.402. The van der Waals surface area contributed by atoms with Crippen molar-refractivity contribution in [2.24, 2.45) is 5.10 Å². The lowest BCUT2D eigenvalue weighted by Gasteiger charge is -2.09. The van der Waals surface area contributed by atoms with Crippen LogP contribution in [0.25, 0.3) is 0 Å². The number of ether oxygens (including phenoxy) is 1. The maximum Gasteiger partial charge on any atom is 0.329 e. The van der Waals surface area contributed by atoms with E-state index < -0.39 is 17.8 Å². The summed E-state index contributed by atoms with van der Waals surface area (Å²) in [6, 6.07) is 4.35. The van der Waals surface area contributed by atoms with Gasteiger partial charge in [-0.05, 0) is 36.6 Å². The molecule has 2 N–H and O–H groups in total. The van der Waals surface area contributed by atoms with Crippen LogP contribution in [0.1, 0.15) is 28.8 Å². The molecule has 0 spiro atoms. The number of carboxylic acid groups (broad SMARTS) is 1. The summed E-state index contributed by atoms with van der Waals surface area (Å²) in [7, 11) is 1.34. The molecule has 0 radical (unpaired) electrons. The van der Waals surface area contributed by atoms with Crippen LogP contribution in [-0.2, 0) is 9.59 Å². The van der Waals surface area contributed by atoms with Gasteiger partial charge in [0.2, 0.25) is 0 Å². The largest absolute Gasteiger partial charge is 0.545 e. The molecule has 1 fully saturated rings. The first-order valence-electron chi connectivity index (χ1n) is 6.54. The van der Waals surface area contributed by atoms with Crippen LogP contribution >= 0.6 is 0 Å². The van der Waals surface area contributed by atoms with Crippen molar-refractivity contribution in [3.63, 3.8) is 0 Å². The van der Waals surface area contributed by atoms with E-state index in [-0.39, 0.29) is 17.4 Å². The van der Waals surface area contributed by atoms with E-state index >= 15 is 0 Å². The first-order chi connectivity index (χ1) is 10.5. The highest BCUT2D eigenvalue weighted by Gasteiger charge is 2.26. The number of amides is 2. The molecule has 116 valence electrons. The van der Waals surface area contributed by atoms with E-state index in [4.69, 9.17) is 4.74 Å². The van der Waals surface area contributed by atoms with Crippen molar-refractivity contribution in [1.82, 2.24) is 10.7 Å². The normalized spacial score (nSPS) is 13.7. The number of carbonyl (C=O) groups excluding carboxylic acids is 3. The maximum atomic E-state index is 11.4. The number of benzene rings is 1. The molecule has 0 unspecified atom stereocenters. The molecule has 0 aromatic heterocycles. The first kappa shape index (κ1) is 15.5. The van der Waals surface area contributed by atoms with Gasteiger partial charge in [0.05, 0.1) is 19.3 Å². The molecule has 0 aliphatic heterocycles. The van der Waals surface area contributed by atoms with Crippen molar-refractivity contribution < 1.29 is 24.2 Å². The van der Waals surface area contributed by atoms with E-state index in [1.807, 2.05) is 0 Å². The standard InChI is InChI=1S/C14H15N3O5/c1-22-11-5-2-8(6-10(11)14(20)21)7-15-17-13(19)12(18)16-9-3-4-9/h2,5-7,9H,3-4H2,1H3,(H,16,18)(H,17,19)(H,20,21)/p-1/b15-7-. The Bertz CT molecular complexity index is 637. The van der Waals surface area contributed by atoms with Crippen LogP contribution in [0.2, 0.25) is 0 Å². The smallest absolute Gasteiger partial charge is 0.329 e. The number of methoxy groups -OCH3 is 1. The molecule has 8 nitrogen and oxygen atoms in total. The summed E-state index contributed by atoms with van der Waals surface area (Å²) >= 11 is 0. The van der Waals surface area contributed by atoms with Gasteiger partial charge in [0.1, 0.15) is 5.75 Å². The number of hydrazone groups is 1. The minimum atomic E-state index is -1.39. The first-order valence-corrected chi connectivity index (χ1v) is 6.54. The Hall–Kier alpha value is -2.90. The van der Waals surface area contributed by atoms with Crippen LogP contribution in [0.15, 0.2) is 23.3 Å². The van der Waals surface area contributed by atoms with E-state index in [0.717, 1.165) is 12.8 Å². The number of nitrogens with zero attached hydrogens (tertiary/aromatic N) is 1. The fraction of sp³-hybridized carbons (Fsp3) is 0.286. The molecule has 0 bridgehead atoms.